The molecular formula is C28H23NO5. The number of hydrogen-bond acceptors (Lipinski definition) is 5. The van der Waals surface area contributed by atoms with Crippen molar-refractivity contribution in [1.29, 1.82) is 0 Å². The normalized spacial score (nSPS) is 18.0. The first-order valence-corrected chi connectivity index (χ1v) is 11.5. The van der Waals surface area contributed by atoms with Gasteiger partial charge in [-0.2, -0.15) is 0 Å². The summed E-state index contributed by atoms with van der Waals surface area (Å²) in [5, 5.41) is 2.17. The maximum absolute atomic E-state index is 13.0. The summed E-state index contributed by atoms with van der Waals surface area (Å²) in [5.74, 6) is -1.44. The molecule has 1 fully saturated rings. The van der Waals surface area contributed by atoms with Gasteiger partial charge in [-0.25, -0.2) is 0 Å². The molecule has 1 aliphatic carbocycles. The summed E-state index contributed by atoms with van der Waals surface area (Å²) in [4.78, 5) is 63.4. The van der Waals surface area contributed by atoms with Crippen LogP contribution in [0.1, 0.15) is 57.5 Å². The number of ketones is 3. The topological polar surface area (TPSA) is 88.6 Å². The van der Waals surface area contributed by atoms with Gasteiger partial charge in [0.2, 0.25) is 0 Å². The van der Waals surface area contributed by atoms with E-state index in [1.807, 2.05) is 42.5 Å². The second-order valence-corrected chi connectivity index (χ2v) is 8.95. The van der Waals surface area contributed by atoms with Gasteiger partial charge in [0.25, 0.3) is 11.8 Å². The van der Waals surface area contributed by atoms with Crippen LogP contribution < -0.4 is 0 Å². The maximum Gasteiger partial charge on any atom is 0.262 e. The van der Waals surface area contributed by atoms with E-state index in [2.05, 4.69) is 0 Å². The van der Waals surface area contributed by atoms with Gasteiger partial charge < -0.3 is 0 Å². The monoisotopic (exact) mass is 453 g/mol. The van der Waals surface area contributed by atoms with E-state index in [1.54, 1.807) is 18.2 Å². The van der Waals surface area contributed by atoms with E-state index in [9.17, 15) is 24.0 Å². The average Bonchev–Trinajstić information content (AvgIpc) is 3.07. The summed E-state index contributed by atoms with van der Waals surface area (Å²) in [6.07, 6.45) is 1.24. The lowest BCUT2D eigenvalue weighted by Crippen LogP contribution is -2.47. The van der Waals surface area contributed by atoms with Gasteiger partial charge in [0, 0.05) is 19.3 Å². The van der Waals surface area contributed by atoms with E-state index >= 15 is 0 Å². The van der Waals surface area contributed by atoms with E-state index in [1.165, 1.54) is 0 Å². The lowest BCUT2D eigenvalue weighted by Gasteiger charge is -2.27. The van der Waals surface area contributed by atoms with Crippen LogP contribution in [-0.4, -0.2) is 40.1 Å². The van der Waals surface area contributed by atoms with Gasteiger partial charge in [0.05, 0.1) is 23.6 Å². The van der Waals surface area contributed by atoms with Crippen LogP contribution in [0, 0.1) is 0 Å². The zero-order chi connectivity index (χ0) is 23.8. The van der Waals surface area contributed by atoms with E-state index in [4.69, 9.17) is 0 Å². The van der Waals surface area contributed by atoms with Crippen LogP contribution in [0.4, 0.5) is 0 Å². The predicted molar refractivity (Wildman–Crippen MR) is 126 cm³/mol. The molecule has 1 heterocycles. The van der Waals surface area contributed by atoms with Crippen LogP contribution in [0.2, 0.25) is 0 Å². The number of Topliss-reactive ketones (excluding diaryl/α,β-unsaturated/α-hetero) is 3. The number of carbonyl (C=O) groups is 5. The largest absolute Gasteiger partial charge is 0.299 e. The standard InChI is InChI=1S/C28H23NO5/c30-20(15-19-6-3-5-18-4-1-2-7-22(18)19)10-8-17-9-12-23-24(14-17)28(34)29(27(23)33)25-13-11-21(31)16-26(25)32/h1-7,9,12,14,25H,8,10-11,13,15-16H2. The molecule has 0 radical (unpaired) electrons. The highest BCUT2D eigenvalue weighted by Crippen LogP contribution is 2.30. The van der Waals surface area contributed by atoms with Crippen LogP contribution in [0.25, 0.3) is 10.8 Å². The number of rotatable bonds is 6. The number of nitrogens with zero attached hydrogens (tertiary/aromatic N) is 1. The van der Waals surface area contributed by atoms with Gasteiger partial charge in [-0.05, 0) is 46.9 Å². The highest BCUT2D eigenvalue weighted by Gasteiger charge is 2.44. The van der Waals surface area contributed by atoms with Gasteiger partial charge in [-0.1, -0.05) is 48.5 Å². The van der Waals surface area contributed by atoms with Crippen molar-refractivity contribution < 1.29 is 24.0 Å². The Morgan fingerprint density at radius 3 is 2.47 bits per heavy atom. The number of hydrogen-bond donors (Lipinski definition) is 0. The molecule has 1 atom stereocenters. The predicted octanol–water partition coefficient (Wildman–Crippen LogP) is 3.87. The van der Waals surface area contributed by atoms with Crippen molar-refractivity contribution in [3.05, 3.63) is 82.9 Å². The number of benzene rings is 3. The molecule has 1 saturated carbocycles. The number of fused-ring (bicyclic) bond motifs is 2. The zero-order valence-electron chi connectivity index (χ0n) is 18.6. The lowest BCUT2D eigenvalue weighted by atomic mass is 9.92. The second kappa shape index (κ2) is 8.78. The van der Waals surface area contributed by atoms with E-state index in [-0.39, 0.29) is 47.7 Å². The summed E-state index contributed by atoms with van der Waals surface area (Å²) in [5.41, 5.74) is 2.30. The third-order valence-corrected chi connectivity index (χ3v) is 6.69. The lowest BCUT2D eigenvalue weighted by molar-refractivity contribution is -0.132. The van der Waals surface area contributed by atoms with Crippen molar-refractivity contribution in [2.24, 2.45) is 0 Å². The van der Waals surface area contributed by atoms with Crippen molar-refractivity contribution in [2.45, 2.75) is 44.6 Å². The minimum atomic E-state index is -0.879. The molecule has 34 heavy (non-hydrogen) atoms. The number of amides is 2. The van der Waals surface area contributed by atoms with Crippen LogP contribution in [0.3, 0.4) is 0 Å². The molecule has 6 heteroatoms. The summed E-state index contributed by atoms with van der Waals surface area (Å²) in [6, 6.07) is 18.0. The number of imide groups is 1. The first-order chi connectivity index (χ1) is 16.4. The van der Waals surface area contributed by atoms with Crippen LogP contribution in [0.15, 0.2) is 60.7 Å². The van der Waals surface area contributed by atoms with Crippen LogP contribution in [-0.2, 0) is 27.2 Å². The molecule has 2 aliphatic rings. The molecule has 2 amide bonds. The van der Waals surface area contributed by atoms with E-state index in [0.717, 1.165) is 26.8 Å². The molecule has 0 aromatic heterocycles. The zero-order valence-corrected chi connectivity index (χ0v) is 18.6. The number of aryl methyl sites for hydroxylation is 1. The van der Waals surface area contributed by atoms with Crippen molar-refractivity contribution in [3.8, 4) is 0 Å². The SMILES string of the molecule is O=C1CCC(N2C(=O)c3ccc(CCC(=O)Cc4cccc5ccccc45)cc3C2=O)C(=O)C1. The quantitative estimate of drug-likeness (QED) is 0.418. The highest BCUT2D eigenvalue weighted by molar-refractivity contribution is 6.23. The molecule has 5 rings (SSSR count). The Balaban J connectivity index is 1.28. The Bertz CT molecular complexity index is 1370. The Morgan fingerprint density at radius 1 is 0.882 bits per heavy atom. The highest BCUT2D eigenvalue weighted by atomic mass is 16.2. The van der Waals surface area contributed by atoms with Gasteiger partial charge in [-0.3, -0.25) is 28.9 Å². The fraction of sp³-hybridized carbons (Fsp3) is 0.250. The van der Waals surface area contributed by atoms with E-state index in [0.29, 0.717) is 19.3 Å². The Labute approximate surface area is 196 Å². The third-order valence-electron chi connectivity index (χ3n) is 6.69. The summed E-state index contributed by atoms with van der Waals surface area (Å²) < 4.78 is 0. The van der Waals surface area contributed by atoms with Crippen molar-refractivity contribution >= 4 is 39.9 Å². The molecule has 6 nitrogen and oxygen atoms in total. The molecule has 3 aromatic rings. The van der Waals surface area contributed by atoms with Gasteiger partial charge in [0.1, 0.15) is 11.6 Å². The molecular weight excluding hydrogens is 430 g/mol. The summed E-state index contributed by atoms with van der Waals surface area (Å²) >= 11 is 0. The maximum atomic E-state index is 13.0. The van der Waals surface area contributed by atoms with E-state index < -0.39 is 17.9 Å². The Morgan fingerprint density at radius 2 is 1.65 bits per heavy atom. The molecule has 1 unspecified atom stereocenters. The summed E-state index contributed by atoms with van der Waals surface area (Å²) in [7, 11) is 0. The molecule has 0 N–H and O–H groups in total. The number of carbonyl (C=O) groups excluding carboxylic acids is 5. The molecule has 3 aromatic carbocycles. The van der Waals surface area contributed by atoms with Crippen molar-refractivity contribution in [2.75, 3.05) is 0 Å². The fourth-order valence-electron chi connectivity index (χ4n) is 4.91. The molecule has 0 bridgehead atoms. The smallest absolute Gasteiger partial charge is 0.262 e. The van der Waals surface area contributed by atoms with Gasteiger partial charge in [0.15, 0.2) is 5.78 Å². The minimum absolute atomic E-state index is 0.0957. The van der Waals surface area contributed by atoms with Crippen molar-refractivity contribution in [1.82, 2.24) is 4.90 Å². The van der Waals surface area contributed by atoms with Crippen molar-refractivity contribution in [3.63, 3.8) is 0 Å². The van der Waals surface area contributed by atoms with Gasteiger partial charge >= 0.3 is 0 Å². The second-order valence-electron chi connectivity index (χ2n) is 8.95. The van der Waals surface area contributed by atoms with Crippen LogP contribution in [0.5, 0.6) is 0 Å². The minimum Gasteiger partial charge on any atom is -0.299 e. The summed E-state index contributed by atoms with van der Waals surface area (Å²) in [6.45, 7) is 0. The average molecular weight is 453 g/mol. The van der Waals surface area contributed by atoms with Crippen LogP contribution >= 0.6 is 0 Å². The third kappa shape index (κ3) is 3.96. The molecule has 0 saturated heterocycles. The van der Waals surface area contributed by atoms with Gasteiger partial charge in [-0.15, -0.1) is 0 Å². The fourth-order valence-corrected chi connectivity index (χ4v) is 4.91. The molecule has 170 valence electrons. The first-order valence-electron chi connectivity index (χ1n) is 11.5. The first kappa shape index (κ1) is 21.9. The Hall–Kier alpha value is -3.93. The molecule has 0 spiro atoms. The molecule has 1 aliphatic heterocycles. The Kier molecular flexibility index (Phi) is 5.65.